The molecule has 0 saturated carbocycles. The first-order chi connectivity index (χ1) is 38.1. The molecule has 8 aromatic carbocycles. The van der Waals surface area contributed by atoms with Gasteiger partial charge in [-0.05, 0) is 93.0 Å². The van der Waals surface area contributed by atoms with Crippen LogP contribution in [0.25, 0.3) is 88.4 Å². The minimum absolute atomic E-state index is 0. The second-order valence-electron chi connectivity index (χ2n) is 18.0. The van der Waals surface area contributed by atoms with Gasteiger partial charge in [0.15, 0.2) is 17.3 Å². The van der Waals surface area contributed by atoms with E-state index < -0.39 is 0 Å². The number of fused-ring (bicyclic) bond motifs is 4. The Kier molecular flexibility index (Phi) is 29.5. The van der Waals surface area contributed by atoms with E-state index in [1.807, 2.05) is 121 Å². The molecule has 3 N–H and O–H groups in total. The molecule has 0 aliphatic rings. The van der Waals surface area contributed by atoms with Gasteiger partial charge >= 0.3 is 0 Å². The van der Waals surface area contributed by atoms with Gasteiger partial charge in [0.1, 0.15) is 0 Å². The van der Waals surface area contributed by atoms with Crippen LogP contribution in [0.3, 0.4) is 0 Å². The van der Waals surface area contributed by atoms with E-state index in [-0.39, 0.29) is 94.9 Å². The van der Waals surface area contributed by atoms with E-state index in [9.17, 15) is 14.4 Å². The van der Waals surface area contributed by atoms with E-state index in [1.165, 1.54) is 87.1 Å². The summed E-state index contributed by atoms with van der Waals surface area (Å²) in [5.74, 6) is -0.187. The van der Waals surface area contributed by atoms with E-state index in [0.717, 1.165) is 61.1 Å². The van der Waals surface area contributed by atoms with Gasteiger partial charge in [-0.1, -0.05) is 162 Å². The van der Waals surface area contributed by atoms with Crippen molar-refractivity contribution in [3.63, 3.8) is 0 Å². The second-order valence-corrected chi connectivity index (χ2v) is 18.0. The molecule has 9 nitrogen and oxygen atoms in total. The minimum Gasteiger partial charge on any atom is -0.512 e. The summed E-state index contributed by atoms with van der Waals surface area (Å²) < 4.78 is 0. The molecule has 3 aromatic heterocycles. The van der Waals surface area contributed by atoms with E-state index in [0.29, 0.717) is 0 Å². The van der Waals surface area contributed by atoms with Gasteiger partial charge < -0.3 is 15.3 Å². The fourth-order valence-corrected chi connectivity index (χ4v) is 7.75. The number of allylic oxidation sites excluding steroid dienone is 6. The van der Waals surface area contributed by atoms with Gasteiger partial charge in [0.25, 0.3) is 0 Å². The number of nitrogens with zero attached hydrogens (tertiary/aromatic N) is 3. The van der Waals surface area contributed by atoms with Gasteiger partial charge in [0, 0.05) is 78.5 Å². The monoisotopic (exact) mass is 1620 g/mol. The number of carbonyl (C=O) groups is 3. The third-order valence-electron chi connectivity index (χ3n) is 11.2. The van der Waals surface area contributed by atoms with Gasteiger partial charge in [-0.3, -0.25) is 29.3 Å². The Morgan fingerprint density at radius 1 is 0.341 bits per heavy atom. The predicted octanol–water partition coefficient (Wildman–Crippen LogP) is 17.0. The molecule has 0 saturated heterocycles. The standard InChI is InChI=1S/C21H14N.C19H12N.C15H10N.3C5H8O2.3Ir/c1-2-6-16(7-3-1)17-10-12-19(13-11-17)21-15-14-18-8-4-5-9-20(18)22-21;1-2-7-16-13-17(10-9-14(16)5-1)19-12-11-15-6-3-4-8-18(15)20-19;1-2-6-12(7-3-1)15-11-10-13-8-4-5-9-14(13)16-15;3*1-4(6)3-5(2)7;;;/h1-12,14-15H;1-9,11-13H;1-6,8-11H;3*3,6H,1-2H3;;;/q3*-1;;;;;;. The molecule has 0 bridgehead atoms. The number of ketones is 3. The van der Waals surface area contributed by atoms with Crippen LogP contribution < -0.4 is 0 Å². The Labute approximate surface area is 520 Å². The van der Waals surface area contributed by atoms with Crippen molar-refractivity contribution in [3.8, 4) is 44.9 Å². The molecule has 82 heavy (non-hydrogen) atoms. The molecule has 3 heterocycles. The quantitative estimate of drug-likeness (QED) is 0.0805. The summed E-state index contributed by atoms with van der Waals surface area (Å²) in [6.45, 7) is 8.54. The van der Waals surface area contributed by atoms with E-state index in [1.54, 1.807) is 0 Å². The fraction of sp³-hybridized carbons (Fsp3) is 0.0857. The maximum absolute atomic E-state index is 10.0. The second kappa shape index (κ2) is 35.5. The summed E-state index contributed by atoms with van der Waals surface area (Å²) in [4.78, 5) is 44.1. The number of pyridine rings is 3. The molecule has 0 aliphatic heterocycles. The summed E-state index contributed by atoms with van der Waals surface area (Å²) >= 11 is 0. The first-order valence-corrected chi connectivity index (χ1v) is 25.3. The minimum atomic E-state index is -0.125. The Balaban J connectivity index is 0.000000273. The smallest absolute Gasteiger partial charge is 0.155 e. The maximum atomic E-state index is 10.0. The average molecular weight is 1620 g/mol. The van der Waals surface area contributed by atoms with Crippen LogP contribution >= 0.6 is 0 Å². The normalized spacial score (nSPS) is 10.5. The summed E-state index contributed by atoms with van der Waals surface area (Å²) in [6, 6.07) is 83.8. The predicted molar refractivity (Wildman–Crippen MR) is 322 cm³/mol. The zero-order chi connectivity index (χ0) is 56.5. The molecule has 0 atom stereocenters. The summed E-state index contributed by atoms with van der Waals surface area (Å²) in [5.41, 5.74) is 11.4. The number of carbonyl (C=O) groups excluding carboxylic acids is 3. The van der Waals surface area contributed by atoms with Gasteiger partial charge in [-0.2, -0.15) is 0 Å². The largest absolute Gasteiger partial charge is 0.512 e. The van der Waals surface area contributed by atoms with Crippen LogP contribution in [0, 0.1) is 18.2 Å². The van der Waals surface area contributed by atoms with Gasteiger partial charge in [-0.25, -0.2) is 0 Å². The number of aliphatic hydroxyl groups is 3. The van der Waals surface area contributed by atoms with Crippen molar-refractivity contribution in [2.45, 2.75) is 41.5 Å². The first-order valence-electron chi connectivity index (χ1n) is 25.3. The number of hydrogen-bond acceptors (Lipinski definition) is 9. The van der Waals surface area contributed by atoms with Crippen molar-refractivity contribution in [2.75, 3.05) is 0 Å². The first kappa shape index (κ1) is 68.1. The molecule has 421 valence electrons. The molecular weight excluding hydrogens is 1560 g/mol. The SMILES string of the molecule is CC(=O)C=C(C)O.CC(=O)C=C(C)O.CC(=O)C=C(C)O.[Ir].[Ir].[Ir].[c-]1cc(-c2ccccc2)ccc1-c1ccc2ccccc2n1.[c-]1cc2ccccc2cc1-c1ccc2ccccc2n1.[c-]1ccccc1-c1ccc2ccccc2n1. The van der Waals surface area contributed by atoms with Crippen LogP contribution in [0.15, 0.2) is 254 Å². The number of rotatable bonds is 7. The molecular formula is C70H60Ir3N3O6-3. The third-order valence-corrected chi connectivity index (χ3v) is 11.2. The Morgan fingerprint density at radius 3 is 1.09 bits per heavy atom. The molecule has 0 spiro atoms. The molecule has 0 aliphatic carbocycles. The molecule has 0 unspecified atom stereocenters. The van der Waals surface area contributed by atoms with E-state index in [2.05, 4.69) is 120 Å². The van der Waals surface area contributed by atoms with E-state index in [4.69, 9.17) is 25.3 Å². The van der Waals surface area contributed by atoms with Crippen LogP contribution in [0.1, 0.15) is 41.5 Å². The van der Waals surface area contributed by atoms with Crippen LogP contribution in [0.2, 0.25) is 0 Å². The van der Waals surface area contributed by atoms with Crippen LogP contribution in [0.5, 0.6) is 0 Å². The topological polar surface area (TPSA) is 151 Å². The van der Waals surface area contributed by atoms with Crippen LogP contribution in [-0.2, 0) is 74.7 Å². The third kappa shape index (κ3) is 22.8. The molecule has 11 rings (SSSR count). The molecule has 11 aromatic rings. The van der Waals surface area contributed by atoms with E-state index >= 15 is 0 Å². The van der Waals surface area contributed by atoms with Crippen molar-refractivity contribution in [3.05, 3.63) is 272 Å². The van der Waals surface area contributed by atoms with Crippen LogP contribution in [0.4, 0.5) is 0 Å². The molecule has 0 amide bonds. The Morgan fingerprint density at radius 2 is 0.707 bits per heavy atom. The number of benzene rings is 8. The van der Waals surface area contributed by atoms with Crippen molar-refractivity contribution >= 4 is 60.8 Å². The number of aromatic nitrogens is 3. The average Bonchev–Trinajstić information content (AvgIpc) is 3.58. The summed E-state index contributed by atoms with van der Waals surface area (Å²) in [6.07, 6.45) is 3.50. The molecule has 0 fully saturated rings. The Hall–Kier alpha value is -8.17. The number of hydrogen-bond donors (Lipinski definition) is 3. The Bertz CT molecular complexity index is 3750. The summed E-state index contributed by atoms with van der Waals surface area (Å²) in [7, 11) is 0. The zero-order valence-electron chi connectivity index (χ0n) is 45.9. The van der Waals surface area contributed by atoms with Gasteiger partial charge in [0.2, 0.25) is 0 Å². The number of aliphatic hydroxyl groups excluding tert-OH is 3. The zero-order valence-corrected chi connectivity index (χ0v) is 53.1. The fourth-order valence-electron chi connectivity index (χ4n) is 7.75. The van der Waals surface area contributed by atoms with Crippen LogP contribution in [-0.4, -0.2) is 47.6 Å². The maximum Gasteiger partial charge on any atom is 0.155 e. The molecule has 3 radical (unpaired) electrons. The summed E-state index contributed by atoms with van der Waals surface area (Å²) in [5, 5.41) is 31.0. The van der Waals surface area contributed by atoms with Gasteiger partial charge in [-0.15, -0.1) is 94.9 Å². The number of para-hydroxylation sites is 3. The van der Waals surface area contributed by atoms with Crippen molar-refractivity contribution < 1.29 is 90.0 Å². The van der Waals surface area contributed by atoms with Crippen molar-refractivity contribution in [2.24, 2.45) is 0 Å². The van der Waals surface area contributed by atoms with Crippen molar-refractivity contribution in [1.82, 2.24) is 15.0 Å². The van der Waals surface area contributed by atoms with Crippen molar-refractivity contribution in [1.29, 1.82) is 0 Å². The van der Waals surface area contributed by atoms with Gasteiger partial charge in [0.05, 0.1) is 33.8 Å². The molecule has 12 heteroatoms.